The maximum Gasteiger partial charge on any atom is 0.182 e. The van der Waals surface area contributed by atoms with Crippen molar-refractivity contribution in [2.45, 2.75) is 19.9 Å². The van der Waals surface area contributed by atoms with E-state index in [-0.39, 0.29) is 6.04 Å². The van der Waals surface area contributed by atoms with Gasteiger partial charge in [-0.1, -0.05) is 24.3 Å². The standard InChI is InChI=1S/C16H17N5/c1-11-5-3-4-6-15(11)12(2)21-16(18-19-20-21)13-7-9-14(17)10-8-13/h3-10,12H,17H2,1-2H3. The average molecular weight is 279 g/mol. The molecule has 0 fully saturated rings. The molecule has 2 N–H and O–H groups in total. The molecule has 5 nitrogen and oxygen atoms in total. The summed E-state index contributed by atoms with van der Waals surface area (Å²) in [4.78, 5) is 0. The second-order valence-electron chi connectivity index (χ2n) is 5.10. The minimum Gasteiger partial charge on any atom is -0.399 e. The first kappa shape index (κ1) is 13.3. The Morgan fingerprint density at radius 2 is 1.76 bits per heavy atom. The van der Waals surface area contributed by atoms with Gasteiger partial charge in [0.15, 0.2) is 5.82 Å². The minimum absolute atomic E-state index is 0.0637. The van der Waals surface area contributed by atoms with E-state index in [9.17, 15) is 0 Å². The van der Waals surface area contributed by atoms with Crippen LogP contribution < -0.4 is 5.73 Å². The summed E-state index contributed by atoms with van der Waals surface area (Å²) >= 11 is 0. The number of tetrazole rings is 1. The number of rotatable bonds is 3. The van der Waals surface area contributed by atoms with Gasteiger partial charge in [0.25, 0.3) is 0 Å². The number of nitrogen functional groups attached to an aromatic ring is 1. The van der Waals surface area contributed by atoms with Crippen molar-refractivity contribution in [3.8, 4) is 11.4 Å². The summed E-state index contributed by atoms with van der Waals surface area (Å²) in [6, 6.07) is 15.9. The lowest BCUT2D eigenvalue weighted by Gasteiger charge is -2.16. The topological polar surface area (TPSA) is 69.6 Å². The molecule has 0 spiro atoms. The van der Waals surface area contributed by atoms with Gasteiger partial charge in [0.1, 0.15) is 0 Å². The summed E-state index contributed by atoms with van der Waals surface area (Å²) in [6.07, 6.45) is 0. The molecule has 3 aromatic rings. The van der Waals surface area contributed by atoms with Crippen molar-refractivity contribution in [2.75, 3.05) is 5.73 Å². The van der Waals surface area contributed by atoms with Gasteiger partial charge in [0.05, 0.1) is 6.04 Å². The number of nitrogens with zero attached hydrogens (tertiary/aromatic N) is 4. The first-order valence-electron chi connectivity index (χ1n) is 6.86. The van der Waals surface area contributed by atoms with E-state index in [4.69, 9.17) is 5.73 Å². The molecule has 3 rings (SSSR count). The zero-order valence-electron chi connectivity index (χ0n) is 12.1. The van der Waals surface area contributed by atoms with Crippen molar-refractivity contribution >= 4 is 5.69 Å². The third-order valence-corrected chi connectivity index (χ3v) is 3.67. The largest absolute Gasteiger partial charge is 0.399 e. The fourth-order valence-electron chi connectivity index (χ4n) is 2.46. The molecule has 1 aromatic heterocycles. The third kappa shape index (κ3) is 2.50. The van der Waals surface area contributed by atoms with Gasteiger partial charge in [0, 0.05) is 11.3 Å². The Kier molecular flexibility index (Phi) is 3.39. The molecule has 5 heteroatoms. The molecule has 106 valence electrons. The van der Waals surface area contributed by atoms with Gasteiger partial charge in [0.2, 0.25) is 0 Å². The minimum atomic E-state index is 0.0637. The molecular weight excluding hydrogens is 262 g/mol. The highest BCUT2D eigenvalue weighted by atomic mass is 15.5. The molecule has 0 aliphatic carbocycles. The second kappa shape index (κ2) is 5.36. The van der Waals surface area contributed by atoms with Crippen molar-refractivity contribution in [3.05, 3.63) is 59.7 Å². The summed E-state index contributed by atoms with van der Waals surface area (Å²) in [6.45, 7) is 4.19. The number of hydrogen-bond donors (Lipinski definition) is 1. The Morgan fingerprint density at radius 3 is 2.48 bits per heavy atom. The summed E-state index contributed by atoms with van der Waals surface area (Å²) in [5.74, 6) is 0.741. The fourth-order valence-corrected chi connectivity index (χ4v) is 2.46. The maximum atomic E-state index is 5.73. The molecule has 0 bridgehead atoms. The lowest BCUT2D eigenvalue weighted by molar-refractivity contribution is 0.546. The lowest BCUT2D eigenvalue weighted by Crippen LogP contribution is -2.11. The Balaban J connectivity index is 2.03. The van der Waals surface area contributed by atoms with Gasteiger partial charge < -0.3 is 5.73 Å². The number of aryl methyl sites for hydroxylation is 1. The Labute approximate surface area is 123 Å². The number of nitrogens with two attached hydrogens (primary N) is 1. The Morgan fingerprint density at radius 1 is 1.05 bits per heavy atom. The van der Waals surface area contributed by atoms with E-state index >= 15 is 0 Å². The van der Waals surface area contributed by atoms with E-state index in [0.29, 0.717) is 0 Å². The van der Waals surface area contributed by atoms with Crippen molar-refractivity contribution in [1.82, 2.24) is 20.2 Å². The van der Waals surface area contributed by atoms with Gasteiger partial charge >= 0.3 is 0 Å². The van der Waals surface area contributed by atoms with Crippen molar-refractivity contribution in [3.63, 3.8) is 0 Å². The highest BCUT2D eigenvalue weighted by Crippen LogP contribution is 2.25. The Bertz CT molecular complexity index is 745. The zero-order valence-corrected chi connectivity index (χ0v) is 12.1. The fraction of sp³-hybridized carbons (Fsp3) is 0.188. The van der Waals surface area contributed by atoms with Gasteiger partial charge in [-0.3, -0.25) is 0 Å². The highest BCUT2D eigenvalue weighted by molar-refractivity contribution is 5.58. The third-order valence-electron chi connectivity index (χ3n) is 3.67. The van der Waals surface area contributed by atoms with E-state index < -0.39 is 0 Å². The predicted molar refractivity (Wildman–Crippen MR) is 82.7 cm³/mol. The van der Waals surface area contributed by atoms with Crippen LogP contribution in [-0.4, -0.2) is 20.2 Å². The maximum absolute atomic E-state index is 5.73. The molecule has 0 aliphatic heterocycles. The molecule has 0 saturated heterocycles. The molecule has 0 saturated carbocycles. The van der Waals surface area contributed by atoms with Crippen LogP contribution in [-0.2, 0) is 0 Å². The van der Waals surface area contributed by atoms with Crippen molar-refractivity contribution < 1.29 is 0 Å². The quantitative estimate of drug-likeness (QED) is 0.748. The van der Waals surface area contributed by atoms with E-state index in [1.165, 1.54) is 11.1 Å². The number of anilines is 1. The summed E-state index contributed by atoms with van der Waals surface area (Å²) in [7, 11) is 0. The predicted octanol–water partition coefficient (Wildman–Crippen LogP) is 2.84. The SMILES string of the molecule is Cc1ccccc1C(C)n1nnnc1-c1ccc(N)cc1. The molecule has 0 radical (unpaired) electrons. The smallest absolute Gasteiger partial charge is 0.182 e. The second-order valence-corrected chi connectivity index (χ2v) is 5.10. The van der Waals surface area contributed by atoms with Crippen LogP contribution in [0.5, 0.6) is 0 Å². The monoisotopic (exact) mass is 279 g/mol. The molecule has 21 heavy (non-hydrogen) atoms. The van der Waals surface area contributed by atoms with Crippen LogP contribution in [0.15, 0.2) is 48.5 Å². The lowest BCUT2D eigenvalue weighted by atomic mass is 10.0. The number of benzene rings is 2. The van der Waals surface area contributed by atoms with Crippen molar-refractivity contribution in [1.29, 1.82) is 0 Å². The van der Waals surface area contributed by atoms with Crippen LogP contribution in [0.3, 0.4) is 0 Å². The van der Waals surface area contributed by atoms with Crippen LogP contribution in [0.2, 0.25) is 0 Å². The summed E-state index contributed by atoms with van der Waals surface area (Å²) in [5, 5.41) is 12.1. The molecule has 2 aromatic carbocycles. The highest BCUT2D eigenvalue weighted by Gasteiger charge is 2.17. The molecule has 0 aliphatic rings. The summed E-state index contributed by atoms with van der Waals surface area (Å²) < 4.78 is 1.84. The van der Waals surface area contributed by atoms with E-state index in [1.807, 2.05) is 41.1 Å². The first-order chi connectivity index (χ1) is 10.2. The van der Waals surface area contributed by atoms with Crippen LogP contribution in [0, 0.1) is 6.92 Å². The van der Waals surface area contributed by atoms with Gasteiger partial charge in [-0.15, -0.1) is 5.10 Å². The van der Waals surface area contributed by atoms with Gasteiger partial charge in [-0.2, -0.15) is 0 Å². The van der Waals surface area contributed by atoms with Crippen LogP contribution in [0.1, 0.15) is 24.1 Å². The van der Waals surface area contributed by atoms with E-state index in [0.717, 1.165) is 17.1 Å². The molecule has 1 heterocycles. The number of hydrogen-bond acceptors (Lipinski definition) is 4. The first-order valence-corrected chi connectivity index (χ1v) is 6.86. The molecule has 1 atom stereocenters. The van der Waals surface area contributed by atoms with Gasteiger partial charge in [-0.25, -0.2) is 4.68 Å². The average Bonchev–Trinajstić information content (AvgIpc) is 2.97. The van der Waals surface area contributed by atoms with Crippen LogP contribution in [0.25, 0.3) is 11.4 Å². The van der Waals surface area contributed by atoms with E-state index in [1.54, 1.807) is 0 Å². The molecule has 1 unspecified atom stereocenters. The Hall–Kier alpha value is -2.69. The summed E-state index contributed by atoms with van der Waals surface area (Å²) in [5.41, 5.74) is 9.85. The van der Waals surface area contributed by atoms with Crippen LogP contribution in [0.4, 0.5) is 5.69 Å². The van der Waals surface area contributed by atoms with Crippen LogP contribution >= 0.6 is 0 Å². The zero-order chi connectivity index (χ0) is 14.8. The van der Waals surface area contributed by atoms with Gasteiger partial charge in [-0.05, 0) is 59.7 Å². The van der Waals surface area contributed by atoms with Crippen molar-refractivity contribution in [2.24, 2.45) is 0 Å². The normalized spacial score (nSPS) is 12.3. The molecule has 0 amide bonds. The molecular formula is C16H17N5. The number of aromatic nitrogens is 4. The van der Waals surface area contributed by atoms with E-state index in [2.05, 4.69) is 41.5 Å².